The molecular weight excluding hydrogens is 701 g/mol. The van der Waals surface area contributed by atoms with E-state index in [0.29, 0.717) is 12.1 Å². The number of halogens is 4. The van der Waals surface area contributed by atoms with Crippen molar-refractivity contribution in [3.8, 4) is 0 Å². The van der Waals surface area contributed by atoms with Crippen molar-refractivity contribution in [2.24, 2.45) is 9.98 Å². The van der Waals surface area contributed by atoms with E-state index in [4.69, 9.17) is 9.47 Å². The zero-order chi connectivity index (χ0) is 35.4. The number of amides is 4. The molecule has 0 aromatic heterocycles. The van der Waals surface area contributed by atoms with Crippen LogP contribution in [0, 0.1) is 23.3 Å². The first kappa shape index (κ1) is 34.4. The number of hydrogen-bond acceptors (Lipinski definition) is 10. The van der Waals surface area contributed by atoms with Gasteiger partial charge < -0.3 is 9.47 Å². The molecule has 0 spiro atoms. The smallest absolute Gasteiger partial charge is 0.262 e. The van der Waals surface area contributed by atoms with Gasteiger partial charge in [0.15, 0.2) is 0 Å². The molecule has 10 nitrogen and oxygen atoms in total. The summed E-state index contributed by atoms with van der Waals surface area (Å²) >= 11 is 0. The monoisotopic (exact) mass is 722 g/mol. The van der Waals surface area contributed by atoms with Gasteiger partial charge in [-0.25, -0.2) is 27.5 Å². The fourth-order valence-electron chi connectivity index (χ4n) is 4.97. The number of benzene rings is 4. The second kappa shape index (κ2) is 15.0. The molecule has 0 saturated carbocycles. The summed E-state index contributed by atoms with van der Waals surface area (Å²) in [5.41, 5.74) is 0.588. The summed E-state index contributed by atoms with van der Waals surface area (Å²) in [6, 6.07) is 17.6. The van der Waals surface area contributed by atoms with Gasteiger partial charge in [0, 0.05) is 33.7 Å². The number of carbonyl (C=O) groups excluding carboxylic acids is 4. The number of imide groups is 2. The van der Waals surface area contributed by atoms with Crippen molar-refractivity contribution >= 4 is 67.1 Å². The summed E-state index contributed by atoms with van der Waals surface area (Å²) in [7, 11) is 1.46. The minimum absolute atomic E-state index is 0.177. The third kappa shape index (κ3) is 7.71. The van der Waals surface area contributed by atoms with E-state index in [-0.39, 0.29) is 70.4 Å². The summed E-state index contributed by atoms with van der Waals surface area (Å²) in [4.78, 5) is 61.4. The van der Waals surface area contributed by atoms with Crippen molar-refractivity contribution in [2.75, 3.05) is 26.3 Å². The summed E-state index contributed by atoms with van der Waals surface area (Å²) in [5, 5.41) is -0.447. The lowest BCUT2D eigenvalue weighted by atomic mass is 10.1. The number of ether oxygens (including phenoxy) is 2. The average Bonchev–Trinajstić information content (AvgIpc) is 3.46. The Morgan fingerprint density at radius 3 is 1.12 bits per heavy atom. The predicted octanol–water partition coefficient (Wildman–Crippen LogP) is 6.93. The van der Waals surface area contributed by atoms with Crippen LogP contribution in [0.5, 0.6) is 0 Å². The number of hydrogen-bond donors (Lipinski definition) is 0. The van der Waals surface area contributed by atoms with Gasteiger partial charge in [-0.1, -0.05) is 24.3 Å². The topological polar surface area (TPSA) is 118 Å². The van der Waals surface area contributed by atoms with E-state index in [0.717, 1.165) is 55.7 Å². The SMILES string of the molecule is O=C1c2ccccc2C(=O)N1CCOC(=Nc1cc(F)cc(F)c1)SSC(=Nc1cc(F)cc(F)c1)OCCN1C(=O)c2ccccc2C1=O. The number of nitrogens with zero attached hydrogens (tertiary/aromatic N) is 4. The van der Waals surface area contributed by atoms with E-state index in [9.17, 15) is 36.7 Å². The standard InChI is InChI=1S/C34H22F4N4O6S2/c35-19-13-20(36)16-23(15-19)39-33(47-11-9-41-29(43)25-5-1-2-6-26(25)30(41)44)49-50-34(40-24-17-21(37)14-22(38)18-24)48-12-10-42-31(45)27-7-3-4-8-28(27)32(42)46/h1-8,13-18H,9-12H2. The average molecular weight is 723 g/mol. The number of fused-ring (bicyclic) bond motifs is 2. The fraction of sp³-hybridized carbons (Fsp3) is 0.118. The summed E-state index contributed by atoms with van der Waals surface area (Å²) < 4.78 is 67.4. The van der Waals surface area contributed by atoms with E-state index >= 15 is 0 Å². The second-order valence-electron chi connectivity index (χ2n) is 10.5. The molecule has 4 aromatic carbocycles. The van der Waals surface area contributed by atoms with Crippen LogP contribution in [0.1, 0.15) is 41.4 Å². The largest absolute Gasteiger partial charge is 0.470 e. The molecule has 2 aliphatic rings. The minimum atomic E-state index is -0.918. The van der Waals surface area contributed by atoms with Gasteiger partial charge in [-0.15, -0.1) is 0 Å². The molecule has 16 heteroatoms. The maximum Gasteiger partial charge on any atom is 0.262 e. The van der Waals surface area contributed by atoms with Crippen LogP contribution in [0.4, 0.5) is 28.9 Å². The summed E-state index contributed by atoms with van der Waals surface area (Å²) in [5.74, 6) is -5.76. The van der Waals surface area contributed by atoms with E-state index < -0.39 is 46.9 Å². The lowest BCUT2D eigenvalue weighted by Crippen LogP contribution is -2.33. The van der Waals surface area contributed by atoms with E-state index in [2.05, 4.69) is 9.98 Å². The van der Waals surface area contributed by atoms with E-state index in [1.54, 1.807) is 24.3 Å². The van der Waals surface area contributed by atoms with Crippen molar-refractivity contribution in [1.29, 1.82) is 0 Å². The Kier molecular flexibility index (Phi) is 10.3. The third-order valence-electron chi connectivity index (χ3n) is 7.16. The van der Waals surface area contributed by atoms with Crippen LogP contribution < -0.4 is 0 Å². The van der Waals surface area contributed by atoms with Gasteiger partial charge in [-0.3, -0.25) is 29.0 Å². The van der Waals surface area contributed by atoms with Crippen LogP contribution in [0.15, 0.2) is 94.9 Å². The Morgan fingerprint density at radius 2 is 0.820 bits per heavy atom. The quantitative estimate of drug-likeness (QED) is 0.0633. The van der Waals surface area contributed by atoms with Gasteiger partial charge in [0.2, 0.25) is 0 Å². The second-order valence-corrected chi connectivity index (χ2v) is 12.5. The van der Waals surface area contributed by atoms with Gasteiger partial charge in [0.1, 0.15) is 36.5 Å². The highest BCUT2D eigenvalue weighted by Gasteiger charge is 2.36. The van der Waals surface area contributed by atoms with Crippen LogP contribution in [0.25, 0.3) is 0 Å². The van der Waals surface area contributed by atoms with Crippen LogP contribution in [0.3, 0.4) is 0 Å². The van der Waals surface area contributed by atoms with Gasteiger partial charge in [-0.05, 0) is 48.5 Å². The molecule has 254 valence electrons. The normalized spacial score (nSPS) is 14.4. The summed E-state index contributed by atoms with van der Waals surface area (Å²) in [6.07, 6.45) is 0. The highest BCUT2D eigenvalue weighted by Crippen LogP contribution is 2.32. The molecule has 0 N–H and O–H groups in total. The Balaban J connectivity index is 1.19. The first-order valence-corrected chi connectivity index (χ1v) is 16.8. The maximum atomic E-state index is 14.0. The van der Waals surface area contributed by atoms with Crippen molar-refractivity contribution in [3.63, 3.8) is 0 Å². The predicted molar refractivity (Wildman–Crippen MR) is 178 cm³/mol. The summed E-state index contributed by atoms with van der Waals surface area (Å²) in [6.45, 7) is -0.960. The van der Waals surface area contributed by atoms with Gasteiger partial charge >= 0.3 is 0 Å². The van der Waals surface area contributed by atoms with Crippen LogP contribution >= 0.6 is 21.6 Å². The van der Waals surface area contributed by atoms with Gasteiger partial charge in [0.25, 0.3) is 34.1 Å². The Labute approximate surface area is 289 Å². The van der Waals surface area contributed by atoms with Crippen molar-refractivity contribution in [2.45, 2.75) is 0 Å². The van der Waals surface area contributed by atoms with E-state index in [1.165, 1.54) is 24.3 Å². The molecule has 0 unspecified atom stereocenters. The lowest BCUT2D eigenvalue weighted by Gasteiger charge is -2.16. The first-order valence-electron chi connectivity index (χ1n) is 14.7. The van der Waals surface area contributed by atoms with Crippen molar-refractivity contribution in [1.82, 2.24) is 9.80 Å². The van der Waals surface area contributed by atoms with Crippen LogP contribution in [-0.4, -0.2) is 70.2 Å². The number of rotatable bonds is 8. The van der Waals surface area contributed by atoms with Crippen LogP contribution in [-0.2, 0) is 9.47 Å². The lowest BCUT2D eigenvalue weighted by molar-refractivity contribution is 0.0615. The molecule has 0 radical (unpaired) electrons. The molecular formula is C34H22F4N4O6S2. The highest BCUT2D eigenvalue weighted by atomic mass is 33.1. The zero-order valence-electron chi connectivity index (χ0n) is 25.5. The maximum absolute atomic E-state index is 14.0. The third-order valence-corrected chi connectivity index (χ3v) is 9.05. The number of aliphatic imine (C=N–C) groups is 2. The molecule has 4 amide bonds. The highest BCUT2D eigenvalue weighted by molar-refractivity contribution is 8.87. The minimum Gasteiger partial charge on any atom is -0.470 e. The van der Waals surface area contributed by atoms with Gasteiger partial charge in [-0.2, -0.15) is 0 Å². The van der Waals surface area contributed by atoms with Crippen molar-refractivity contribution in [3.05, 3.63) is 130 Å². The Morgan fingerprint density at radius 1 is 0.520 bits per heavy atom. The van der Waals surface area contributed by atoms with Gasteiger partial charge in [0.05, 0.1) is 46.7 Å². The van der Waals surface area contributed by atoms with Crippen molar-refractivity contribution < 1.29 is 46.2 Å². The molecule has 2 aliphatic heterocycles. The fourth-order valence-corrected chi connectivity index (χ4v) is 6.60. The Hall–Kier alpha value is -5.48. The molecule has 0 fully saturated rings. The Bertz CT molecular complexity index is 1840. The molecule has 4 aromatic rings. The van der Waals surface area contributed by atoms with E-state index in [1.807, 2.05) is 0 Å². The molecule has 0 saturated heterocycles. The molecule has 2 heterocycles. The molecule has 50 heavy (non-hydrogen) atoms. The molecule has 0 aliphatic carbocycles. The van der Waals surface area contributed by atoms with Crippen LogP contribution in [0.2, 0.25) is 0 Å². The number of carbonyl (C=O) groups is 4. The molecule has 0 atom stereocenters. The first-order chi connectivity index (χ1) is 24.1. The zero-order valence-corrected chi connectivity index (χ0v) is 27.1. The molecule has 0 bridgehead atoms. The molecule has 6 rings (SSSR count).